The minimum atomic E-state index is -1.01. The molecular formula is C41H64N6O7. The van der Waals surface area contributed by atoms with Gasteiger partial charge in [-0.15, -0.1) is 6.58 Å². The Labute approximate surface area is 321 Å². The molecule has 13 heteroatoms. The van der Waals surface area contributed by atoms with E-state index in [9.17, 15) is 28.8 Å². The monoisotopic (exact) mass is 752 g/mol. The smallest absolute Gasteiger partial charge is 0.433 e. The molecule has 54 heavy (non-hydrogen) atoms. The maximum Gasteiger partial charge on any atom is 0.433 e. The van der Waals surface area contributed by atoms with Gasteiger partial charge in [-0.25, -0.2) is 9.59 Å². The second-order valence-corrected chi connectivity index (χ2v) is 18.6. The van der Waals surface area contributed by atoms with Crippen molar-refractivity contribution in [3.63, 3.8) is 0 Å². The fourth-order valence-corrected chi connectivity index (χ4v) is 8.57. The molecule has 13 nitrogen and oxygen atoms in total. The Bertz CT molecular complexity index is 1470. The van der Waals surface area contributed by atoms with Gasteiger partial charge in [0.2, 0.25) is 17.6 Å². The van der Waals surface area contributed by atoms with Gasteiger partial charge in [0.05, 0.1) is 12.1 Å². The van der Waals surface area contributed by atoms with E-state index >= 15 is 0 Å². The number of likely N-dealkylation sites (tertiary alicyclic amines) is 1. The molecule has 0 radical (unpaired) electrons. The zero-order valence-electron chi connectivity index (χ0n) is 33.3. The third-order valence-electron chi connectivity index (χ3n) is 12.9. The van der Waals surface area contributed by atoms with Gasteiger partial charge < -0.3 is 30.9 Å². The van der Waals surface area contributed by atoms with Crippen LogP contribution in [0.25, 0.3) is 0 Å². The second kappa shape index (κ2) is 16.9. The maximum absolute atomic E-state index is 14.9. The predicted octanol–water partition coefficient (Wildman–Crippen LogP) is 5.08. The molecule has 0 aromatic heterocycles. The maximum atomic E-state index is 14.9. The summed E-state index contributed by atoms with van der Waals surface area (Å²) in [6.45, 7) is 16.0. The van der Waals surface area contributed by atoms with Crippen LogP contribution in [0.4, 0.5) is 9.59 Å². The molecule has 5 aliphatic rings. The van der Waals surface area contributed by atoms with E-state index < -0.39 is 64.7 Å². The lowest BCUT2D eigenvalue weighted by Gasteiger charge is -2.43. The van der Waals surface area contributed by atoms with Crippen molar-refractivity contribution >= 4 is 41.8 Å². The van der Waals surface area contributed by atoms with Crippen LogP contribution in [0.2, 0.25) is 0 Å². The number of rotatable bonds is 17. The summed E-state index contributed by atoms with van der Waals surface area (Å²) in [5.74, 6) is -1.23. The summed E-state index contributed by atoms with van der Waals surface area (Å²) in [6, 6.07) is -3.94. The Morgan fingerprint density at radius 3 is 2.22 bits per heavy atom. The number of piperidine rings is 1. The van der Waals surface area contributed by atoms with Crippen LogP contribution in [-0.2, 0) is 23.9 Å². The quantitative estimate of drug-likeness (QED) is 0.0911. The number of Topliss-reactive ketones (excluding diaryl/α,β-unsaturated/α-hetero) is 1. The third kappa shape index (κ3) is 10.3. The summed E-state index contributed by atoms with van der Waals surface area (Å²) in [5, 5.41) is 11.5. The molecule has 0 spiro atoms. The average molecular weight is 753 g/mol. The van der Waals surface area contributed by atoms with E-state index in [0.29, 0.717) is 24.8 Å². The first-order chi connectivity index (χ1) is 25.5. The number of nitrogens with one attached hydrogen (secondary N) is 4. The molecule has 4 unspecified atom stereocenters. The molecule has 1 saturated heterocycles. The van der Waals surface area contributed by atoms with Gasteiger partial charge in [-0.05, 0) is 84.9 Å². The van der Waals surface area contributed by atoms with Crippen molar-refractivity contribution in [1.82, 2.24) is 26.2 Å². The lowest BCUT2D eigenvalue weighted by Crippen LogP contribution is -2.63. The van der Waals surface area contributed by atoms with Crippen molar-refractivity contribution in [3.8, 4) is 0 Å². The lowest BCUT2D eigenvalue weighted by atomic mass is 9.70. The Kier molecular flexibility index (Phi) is 13.0. The number of urea groups is 1. The number of amides is 6. The molecule has 5 rings (SSSR count). The molecule has 6 amide bonds. The van der Waals surface area contributed by atoms with Gasteiger partial charge in [-0.3, -0.25) is 19.2 Å². The molecule has 0 bridgehead atoms. The number of fused-ring (bicyclic) bond motifs is 1. The normalized spacial score (nSPS) is 25.7. The van der Waals surface area contributed by atoms with Crippen LogP contribution in [0.3, 0.4) is 0 Å². The minimum Gasteiger partial charge on any atom is -0.446 e. The molecule has 4 saturated carbocycles. The van der Waals surface area contributed by atoms with Crippen molar-refractivity contribution < 1.29 is 33.5 Å². The summed E-state index contributed by atoms with van der Waals surface area (Å²) < 4.78 is 5.44. The van der Waals surface area contributed by atoms with Crippen molar-refractivity contribution in [2.24, 2.45) is 44.9 Å². The van der Waals surface area contributed by atoms with Crippen LogP contribution in [0, 0.1) is 39.9 Å². The molecule has 300 valence electrons. The molecule has 0 aromatic carbocycles. The Morgan fingerprint density at radius 2 is 1.61 bits per heavy atom. The van der Waals surface area contributed by atoms with Crippen LogP contribution in [0.5, 0.6) is 0 Å². The number of hydrogen-bond acceptors (Lipinski definition) is 7. The molecule has 0 aromatic rings. The summed E-state index contributed by atoms with van der Waals surface area (Å²) in [6.07, 6.45) is 12.9. The fourth-order valence-electron chi connectivity index (χ4n) is 8.57. The Balaban J connectivity index is 1.32. The topological polar surface area (TPSA) is 175 Å². The zero-order valence-corrected chi connectivity index (χ0v) is 33.3. The van der Waals surface area contributed by atoms with Crippen molar-refractivity contribution in [2.75, 3.05) is 19.7 Å². The molecule has 5 fully saturated rings. The number of carbonyl (C=O) groups is 6. The van der Waals surface area contributed by atoms with E-state index in [1.165, 1.54) is 6.08 Å². The highest BCUT2D eigenvalue weighted by Crippen LogP contribution is 2.65. The minimum absolute atomic E-state index is 0.0780. The first kappa shape index (κ1) is 41.4. The molecule has 4 aliphatic carbocycles. The van der Waals surface area contributed by atoms with E-state index in [0.717, 1.165) is 70.6 Å². The van der Waals surface area contributed by atoms with Crippen molar-refractivity contribution in [2.45, 2.75) is 143 Å². The first-order valence-electron chi connectivity index (χ1n) is 20.3. The fraction of sp³-hybridized carbons (Fsp3) is 0.780. The third-order valence-corrected chi connectivity index (χ3v) is 12.9. The number of hydrogen-bond donors (Lipinski definition) is 4. The summed E-state index contributed by atoms with van der Waals surface area (Å²) in [7, 11) is 0. The highest BCUT2D eigenvalue weighted by Gasteiger charge is 2.70. The van der Waals surface area contributed by atoms with Gasteiger partial charge in [-0.2, -0.15) is 4.99 Å². The second-order valence-electron chi connectivity index (χ2n) is 18.6. The van der Waals surface area contributed by atoms with Crippen LogP contribution < -0.4 is 21.3 Å². The lowest BCUT2D eigenvalue weighted by molar-refractivity contribution is -0.146. The predicted molar refractivity (Wildman–Crippen MR) is 205 cm³/mol. The highest BCUT2D eigenvalue weighted by molar-refractivity contribution is 6.38. The SMILES string of the molecule is C=CCNC(=O)C(=O)C(CCC1CC1)NC(=O)C1[C@@H]2[C@H](CN1C(=O)C(NC(=O)NC(COC(=O)/N=C/CC1CC1)C(C)(C)C)C1(C)CCCCC1)C2(C)C. The van der Waals surface area contributed by atoms with Gasteiger partial charge in [0.25, 0.3) is 5.91 Å². The average Bonchev–Trinajstić information content (AvgIpc) is 4.08. The molecule has 4 N–H and O–H groups in total. The standard InChI is InChI=1S/C41H64N6O7/c1-8-21-42-35(50)32(48)28(17-16-25-12-13-25)44-34(49)31-30-27(40(30,5)6)23-47(31)36(51)33(41(7)19-10-9-11-20-41)46-37(52)45-29(39(2,3)4)24-54-38(53)43-22-18-26-14-15-26/h8,22,25-31,33H,1,9-21,23-24H2,2-7H3,(H,42,50)(H,44,49)(H2,45,46,52)/b43-22+/t27-,28?,29?,30-,31?,33?/m0/s1. The highest BCUT2D eigenvalue weighted by atomic mass is 16.5. The van der Waals surface area contributed by atoms with Gasteiger partial charge in [0.1, 0.15) is 18.7 Å². The van der Waals surface area contributed by atoms with E-state index in [-0.39, 0.29) is 36.3 Å². The Hall–Kier alpha value is -3.77. The summed E-state index contributed by atoms with van der Waals surface area (Å²) >= 11 is 0. The van der Waals surface area contributed by atoms with E-state index in [1.807, 2.05) is 27.7 Å². The largest absolute Gasteiger partial charge is 0.446 e. The van der Waals surface area contributed by atoms with Crippen LogP contribution in [0.1, 0.15) is 119 Å². The van der Waals surface area contributed by atoms with Gasteiger partial charge in [-0.1, -0.05) is 79.7 Å². The molecular weight excluding hydrogens is 688 g/mol. The van der Waals surface area contributed by atoms with Gasteiger partial charge >= 0.3 is 12.1 Å². The van der Waals surface area contributed by atoms with Gasteiger partial charge in [0, 0.05) is 19.3 Å². The number of ether oxygens (including phenoxy) is 1. The number of carbonyl (C=O) groups excluding carboxylic acids is 6. The van der Waals surface area contributed by atoms with Gasteiger partial charge in [0.15, 0.2) is 0 Å². The van der Waals surface area contributed by atoms with Crippen LogP contribution in [-0.4, -0.2) is 90.6 Å². The van der Waals surface area contributed by atoms with Crippen molar-refractivity contribution in [1.29, 1.82) is 0 Å². The zero-order chi connectivity index (χ0) is 39.4. The summed E-state index contributed by atoms with van der Waals surface area (Å²) in [5.41, 5.74) is -1.26. The molecule has 1 aliphatic heterocycles. The number of aliphatic imine (C=N–C) groups is 1. The number of ketones is 1. The molecule has 6 atom stereocenters. The first-order valence-corrected chi connectivity index (χ1v) is 20.3. The summed E-state index contributed by atoms with van der Waals surface area (Å²) in [4.78, 5) is 87.0. The van der Waals surface area contributed by atoms with Crippen molar-refractivity contribution in [3.05, 3.63) is 12.7 Å². The number of nitrogens with zero attached hydrogens (tertiary/aromatic N) is 2. The van der Waals surface area contributed by atoms with Crippen LogP contribution >= 0.6 is 0 Å². The van der Waals surface area contributed by atoms with E-state index in [4.69, 9.17) is 4.74 Å². The van der Waals surface area contributed by atoms with E-state index in [2.05, 4.69) is 46.7 Å². The van der Waals surface area contributed by atoms with E-state index in [1.54, 1.807) is 11.1 Å². The van der Waals surface area contributed by atoms with Crippen LogP contribution in [0.15, 0.2) is 17.6 Å². The molecule has 1 heterocycles. The Morgan fingerprint density at radius 1 is 0.944 bits per heavy atom.